The first-order chi connectivity index (χ1) is 16.6. The summed E-state index contributed by atoms with van der Waals surface area (Å²) >= 11 is 11.9. The van der Waals surface area contributed by atoms with Gasteiger partial charge in [-0.05, 0) is 31.4 Å². The Hall–Kier alpha value is -2.52. The highest BCUT2D eigenvalue weighted by molar-refractivity contribution is 6.38. The lowest BCUT2D eigenvalue weighted by atomic mass is 10.2. The fraction of sp³-hybridized carbons (Fsp3) is 0.421. The lowest BCUT2D eigenvalue weighted by Crippen LogP contribution is -2.18. The molecule has 0 atom stereocenters. The summed E-state index contributed by atoms with van der Waals surface area (Å²) in [5, 5.41) is 12.8. The summed E-state index contributed by atoms with van der Waals surface area (Å²) in [6, 6.07) is 0.884. The third-order valence-electron chi connectivity index (χ3n) is 4.74. The molecule has 0 aliphatic rings. The van der Waals surface area contributed by atoms with Gasteiger partial charge in [0, 0.05) is 13.2 Å². The van der Waals surface area contributed by atoms with Gasteiger partial charge in [0.1, 0.15) is 11.5 Å². The van der Waals surface area contributed by atoms with Gasteiger partial charge in [-0.3, -0.25) is 0 Å². The van der Waals surface area contributed by atoms with Crippen molar-refractivity contribution >= 4 is 40.1 Å². The lowest BCUT2D eigenvalue weighted by Gasteiger charge is -2.16. The number of anilines is 1. The van der Waals surface area contributed by atoms with Crippen LogP contribution in [0.2, 0.25) is 10.0 Å². The summed E-state index contributed by atoms with van der Waals surface area (Å²) in [4.78, 5) is 5.75. The van der Waals surface area contributed by atoms with Crippen molar-refractivity contribution in [3.63, 3.8) is 0 Å². The first kappa shape index (κ1) is 28.1. The Labute approximate surface area is 206 Å². The fourth-order valence-electron chi connectivity index (χ4n) is 3.20. The van der Waals surface area contributed by atoms with E-state index in [0.29, 0.717) is 36.1 Å². The Balaban J connectivity index is 2.32. The molecule has 6 nitrogen and oxygen atoms in total. The van der Waals surface area contributed by atoms with Crippen molar-refractivity contribution in [1.29, 1.82) is 0 Å². The molecule has 17 heteroatoms. The van der Waals surface area contributed by atoms with Crippen molar-refractivity contribution in [3.8, 4) is 5.69 Å². The summed E-state index contributed by atoms with van der Waals surface area (Å²) in [7, 11) is 0. The molecule has 0 amide bonds. The molecule has 198 valence electrons. The van der Waals surface area contributed by atoms with E-state index >= 15 is 0 Å². The van der Waals surface area contributed by atoms with Crippen LogP contribution >= 0.6 is 23.2 Å². The molecule has 36 heavy (non-hydrogen) atoms. The second-order valence-electron chi connectivity index (χ2n) is 7.35. The molecule has 0 spiro atoms. The molecule has 2 aromatic heterocycles. The van der Waals surface area contributed by atoms with Crippen LogP contribution in [0.4, 0.5) is 45.3 Å². The predicted molar refractivity (Wildman–Crippen MR) is 111 cm³/mol. The Morgan fingerprint density at radius 1 is 0.833 bits per heavy atom. The number of rotatable bonds is 7. The van der Waals surface area contributed by atoms with Crippen LogP contribution < -0.4 is 5.32 Å². The van der Waals surface area contributed by atoms with Gasteiger partial charge in [0.2, 0.25) is 5.82 Å². The van der Waals surface area contributed by atoms with Crippen LogP contribution in [0.1, 0.15) is 36.3 Å². The third-order valence-corrected chi connectivity index (χ3v) is 5.31. The van der Waals surface area contributed by atoms with Gasteiger partial charge in [0.15, 0.2) is 11.3 Å². The quantitative estimate of drug-likeness (QED) is 0.243. The zero-order valence-corrected chi connectivity index (χ0v) is 19.1. The second kappa shape index (κ2) is 10.1. The number of hydrogen-bond acceptors (Lipinski definition) is 5. The minimum atomic E-state index is -5.39. The van der Waals surface area contributed by atoms with Gasteiger partial charge in [-0.2, -0.15) is 39.5 Å². The topological polar surface area (TPSA) is 75.9 Å². The van der Waals surface area contributed by atoms with E-state index < -0.39 is 68.2 Å². The highest BCUT2D eigenvalue weighted by Crippen LogP contribution is 2.43. The molecular weight excluding hydrogens is 556 g/mol. The molecule has 0 unspecified atom stereocenters. The van der Waals surface area contributed by atoms with E-state index in [1.807, 2.05) is 0 Å². The number of nitrogens with one attached hydrogen (secondary N) is 1. The van der Waals surface area contributed by atoms with Gasteiger partial charge < -0.3 is 10.4 Å². The number of fused-ring (bicyclic) bond motifs is 1. The zero-order chi connectivity index (χ0) is 27.1. The van der Waals surface area contributed by atoms with Crippen LogP contribution in [-0.2, 0) is 18.5 Å². The van der Waals surface area contributed by atoms with Crippen LogP contribution in [0.3, 0.4) is 0 Å². The summed E-state index contributed by atoms with van der Waals surface area (Å²) in [6.45, 7) is -0.209. The number of aliphatic hydroxyl groups is 1. The molecule has 0 aliphatic heterocycles. The summed E-state index contributed by atoms with van der Waals surface area (Å²) < 4.78 is 121. The number of aliphatic hydroxyl groups excluding tert-OH is 1. The molecule has 0 saturated carbocycles. The van der Waals surface area contributed by atoms with Crippen molar-refractivity contribution < 1.29 is 44.6 Å². The van der Waals surface area contributed by atoms with Crippen LogP contribution in [-0.4, -0.2) is 38.0 Å². The molecule has 0 fully saturated rings. The molecule has 3 rings (SSSR count). The van der Waals surface area contributed by atoms with Gasteiger partial charge in [-0.15, -0.1) is 5.10 Å². The monoisotopic (exact) mass is 569 g/mol. The first-order valence-corrected chi connectivity index (χ1v) is 10.7. The summed E-state index contributed by atoms with van der Waals surface area (Å²) in [5.74, 6) is -2.70. The molecule has 2 heterocycles. The maximum absolute atomic E-state index is 13.8. The number of benzene rings is 1. The SMILES string of the molecule is OCCCCCNc1c2c(C(F)(F)F)nc(C(F)(F)F)nc2nn1-c1c(Cl)cc(C(F)(F)F)cc1Cl. The molecule has 1 aromatic carbocycles. The molecule has 3 aromatic rings. The first-order valence-electron chi connectivity index (χ1n) is 9.92. The van der Waals surface area contributed by atoms with Crippen LogP contribution in [0.5, 0.6) is 0 Å². The second-order valence-corrected chi connectivity index (χ2v) is 8.16. The maximum atomic E-state index is 13.8. The number of halogens is 11. The molecule has 2 N–H and O–H groups in total. The van der Waals surface area contributed by atoms with E-state index in [0.717, 1.165) is 0 Å². The summed E-state index contributed by atoms with van der Waals surface area (Å²) in [6.07, 6.45) is -14.5. The molecule has 0 aliphatic carbocycles. The van der Waals surface area contributed by atoms with E-state index in [2.05, 4.69) is 20.4 Å². The number of unbranched alkanes of at least 4 members (excludes halogenated alkanes) is 2. The lowest BCUT2D eigenvalue weighted by molar-refractivity contribution is -0.151. The van der Waals surface area contributed by atoms with E-state index in [1.165, 1.54) is 0 Å². The van der Waals surface area contributed by atoms with Crippen LogP contribution in [0.15, 0.2) is 12.1 Å². The van der Waals surface area contributed by atoms with Gasteiger partial charge in [0.25, 0.3) is 0 Å². The third kappa shape index (κ3) is 5.89. The van der Waals surface area contributed by atoms with Gasteiger partial charge in [0.05, 0.1) is 21.0 Å². The normalized spacial score (nSPS) is 13.0. The zero-order valence-electron chi connectivity index (χ0n) is 17.6. The minimum absolute atomic E-state index is 0.0605. The number of alkyl halides is 9. The van der Waals surface area contributed by atoms with Gasteiger partial charge in [-0.1, -0.05) is 23.2 Å². The standard InChI is InChI=1S/C19H14Cl2F9N5O/c20-9-6-8(17(22,23)24)7-10(21)12(9)35-15(31-4-2-1-3-5-36)11-13(18(25,26)27)32-16(19(28,29)30)33-14(11)34-35/h6-7,31,36H,1-5H2. The van der Waals surface area contributed by atoms with Crippen molar-refractivity contribution in [1.82, 2.24) is 19.7 Å². The van der Waals surface area contributed by atoms with E-state index in [9.17, 15) is 39.5 Å². The van der Waals surface area contributed by atoms with Crippen molar-refractivity contribution in [3.05, 3.63) is 39.3 Å². The Morgan fingerprint density at radius 2 is 1.44 bits per heavy atom. The smallest absolute Gasteiger partial charge is 0.396 e. The fourth-order valence-corrected chi connectivity index (χ4v) is 3.85. The van der Waals surface area contributed by atoms with Crippen LogP contribution in [0.25, 0.3) is 16.7 Å². The molecule has 0 radical (unpaired) electrons. The van der Waals surface area contributed by atoms with E-state index in [-0.39, 0.29) is 13.2 Å². The largest absolute Gasteiger partial charge is 0.451 e. The number of hydrogen-bond donors (Lipinski definition) is 2. The Morgan fingerprint density at radius 3 is 1.94 bits per heavy atom. The average Bonchev–Trinajstić information content (AvgIpc) is 3.08. The van der Waals surface area contributed by atoms with Crippen LogP contribution in [0, 0.1) is 0 Å². The van der Waals surface area contributed by atoms with Crippen molar-refractivity contribution in [2.24, 2.45) is 0 Å². The van der Waals surface area contributed by atoms with E-state index in [4.69, 9.17) is 28.3 Å². The molecule has 0 bridgehead atoms. The Bertz CT molecular complexity index is 1230. The predicted octanol–water partition coefficient (Wildman–Crippen LogP) is 6.75. The van der Waals surface area contributed by atoms with E-state index in [1.54, 1.807) is 0 Å². The van der Waals surface area contributed by atoms with Gasteiger partial charge >= 0.3 is 18.5 Å². The van der Waals surface area contributed by atoms with Gasteiger partial charge in [-0.25, -0.2) is 14.6 Å². The highest BCUT2D eigenvalue weighted by Gasteiger charge is 2.43. The van der Waals surface area contributed by atoms with Crippen molar-refractivity contribution in [2.75, 3.05) is 18.5 Å². The molecular formula is C19H14Cl2F9N5O. The number of aromatic nitrogens is 4. The molecule has 0 saturated heterocycles. The summed E-state index contributed by atoms with van der Waals surface area (Å²) in [5.41, 5.74) is -4.81. The average molecular weight is 570 g/mol. The number of nitrogens with zero attached hydrogens (tertiary/aromatic N) is 4. The highest BCUT2D eigenvalue weighted by atomic mass is 35.5. The maximum Gasteiger partial charge on any atom is 0.451 e. The minimum Gasteiger partial charge on any atom is -0.396 e. The van der Waals surface area contributed by atoms with Crippen molar-refractivity contribution in [2.45, 2.75) is 37.8 Å². The Kier molecular flexibility index (Phi) is 7.86.